The van der Waals surface area contributed by atoms with Gasteiger partial charge < -0.3 is 4.90 Å². The third-order valence-corrected chi connectivity index (χ3v) is 3.52. The molecule has 1 aliphatic heterocycles. The Bertz CT molecular complexity index is 525. The summed E-state index contributed by atoms with van der Waals surface area (Å²) in [5, 5.41) is 3.13. The molecular formula is C11H13ClN4O2S. The number of anilines is 1. The molecule has 2 rings (SSSR count). The molecule has 0 radical (unpaired) electrons. The van der Waals surface area contributed by atoms with Crippen molar-refractivity contribution >= 4 is 41.0 Å². The van der Waals surface area contributed by atoms with E-state index in [4.69, 9.17) is 11.6 Å². The number of carbonyl (C=O) groups is 2. The number of rotatable bonds is 3. The first kappa shape index (κ1) is 14.1. The van der Waals surface area contributed by atoms with Crippen LogP contribution in [-0.4, -0.2) is 40.6 Å². The first-order valence-electron chi connectivity index (χ1n) is 5.74. The maximum atomic E-state index is 11.8. The van der Waals surface area contributed by atoms with E-state index in [1.807, 2.05) is 13.2 Å². The van der Waals surface area contributed by atoms with Crippen molar-refractivity contribution in [3.8, 4) is 0 Å². The van der Waals surface area contributed by atoms with Crippen molar-refractivity contribution in [3.63, 3.8) is 0 Å². The minimum atomic E-state index is -0.418. The van der Waals surface area contributed by atoms with Gasteiger partial charge in [-0.2, -0.15) is 0 Å². The van der Waals surface area contributed by atoms with Crippen LogP contribution in [0, 0.1) is 0 Å². The first-order chi connectivity index (χ1) is 9.05. The zero-order chi connectivity index (χ0) is 14.0. The van der Waals surface area contributed by atoms with Gasteiger partial charge in [0.1, 0.15) is 17.0 Å². The number of carbonyl (C=O) groups excluding carboxylic acids is 2. The first-order valence-corrected chi connectivity index (χ1v) is 7.34. The van der Waals surface area contributed by atoms with E-state index in [-0.39, 0.29) is 18.4 Å². The van der Waals surface area contributed by atoms with Gasteiger partial charge in [0, 0.05) is 6.07 Å². The molecule has 1 aromatic heterocycles. The second-order valence-electron chi connectivity index (χ2n) is 4.00. The second kappa shape index (κ2) is 5.75. The Kier molecular flexibility index (Phi) is 4.26. The molecule has 1 N–H and O–H groups in total. The highest BCUT2D eigenvalue weighted by atomic mass is 35.5. The molecule has 6 nitrogen and oxygen atoms in total. The van der Waals surface area contributed by atoms with E-state index < -0.39 is 6.04 Å². The summed E-state index contributed by atoms with van der Waals surface area (Å²) in [6.07, 6.45) is 2.41. The Morgan fingerprint density at radius 1 is 1.53 bits per heavy atom. The molecule has 0 saturated carbocycles. The second-order valence-corrected chi connectivity index (χ2v) is 5.16. The highest BCUT2D eigenvalue weighted by Crippen LogP contribution is 2.24. The maximum absolute atomic E-state index is 11.8. The number of nitrogens with zero attached hydrogens (tertiary/aromatic N) is 3. The van der Waals surface area contributed by atoms with Gasteiger partial charge >= 0.3 is 0 Å². The number of amides is 2. The van der Waals surface area contributed by atoms with Crippen LogP contribution in [0.25, 0.3) is 0 Å². The summed E-state index contributed by atoms with van der Waals surface area (Å²) in [6, 6.07) is 1.15. The van der Waals surface area contributed by atoms with Crippen LogP contribution in [0.5, 0.6) is 0 Å². The number of nitrogens with one attached hydrogen (secondary N) is 1. The Balaban J connectivity index is 2.39. The standard InChI is InChI=1S/C11H13ClN4O2S/c1-3-6-10(18)15-9(17)5-16(6)8-4-7(12)13-11(14-8)19-2/h4,6H,3,5H2,1-2H3,(H,15,17,18). The van der Waals surface area contributed by atoms with Crippen LogP contribution >= 0.6 is 23.4 Å². The summed E-state index contributed by atoms with van der Waals surface area (Å²) in [6.45, 7) is 1.97. The van der Waals surface area contributed by atoms with Gasteiger partial charge in [-0.3, -0.25) is 14.9 Å². The molecular weight excluding hydrogens is 288 g/mol. The lowest BCUT2D eigenvalue weighted by Crippen LogP contribution is -2.58. The summed E-state index contributed by atoms with van der Waals surface area (Å²) < 4.78 is 0. The maximum Gasteiger partial charge on any atom is 0.249 e. The smallest absolute Gasteiger partial charge is 0.249 e. The molecule has 1 saturated heterocycles. The number of piperazine rings is 1. The molecule has 1 aliphatic rings. The van der Waals surface area contributed by atoms with Gasteiger partial charge in [0.05, 0.1) is 6.54 Å². The van der Waals surface area contributed by atoms with Crippen molar-refractivity contribution in [2.45, 2.75) is 24.5 Å². The number of thioether (sulfide) groups is 1. The van der Waals surface area contributed by atoms with Gasteiger partial charge in [0.25, 0.3) is 0 Å². The van der Waals surface area contributed by atoms with Crippen LogP contribution in [0.4, 0.5) is 5.82 Å². The summed E-state index contributed by atoms with van der Waals surface area (Å²) in [7, 11) is 0. The van der Waals surface area contributed by atoms with Crippen molar-refractivity contribution in [1.29, 1.82) is 0 Å². The molecule has 1 atom stereocenters. The Morgan fingerprint density at radius 2 is 2.26 bits per heavy atom. The van der Waals surface area contributed by atoms with E-state index in [0.717, 1.165) is 0 Å². The fourth-order valence-corrected chi connectivity index (χ4v) is 2.54. The van der Waals surface area contributed by atoms with Crippen LogP contribution in [0.2, 0.25) is 5.15 Å². The molecule has 0 aliphatic carbocycles. The predicted octanol–water partition coefficient (Wildman–Crippen LogP) is 1.09. The van der Waals surface area contributed by atoms with E-state index in [1.54, 1.807) is 11.0 Å². The highest BCUT2D eigenvalue weighted by molar-refractivity contribution is 7.98. The van der Waals surface area contributed by atoms with Crippen LogP contribution < -0.4 is 10.2 Å². The van der Waals surface area contributed by atoms with E-state index in [9.17, 15) is 9.59 Å². The van der Waals surface area contributed by atoms with E-state index in [2.05, 4.69) is 15.3 Å². The molecule has 8 heteroatoms. The summed E-state index contributed by atoms with van der Waals surface area (Å²) in [5.74, 6) is -0.145. The van der Waals surface area contributed by atoms with Crippen LogP contribution in [0.15, 0.2) is 11.2 Å². The van der Waals surface area contributed by atoms with Gasteiger partial charge in [-0.1, -0.05) is 30.3 Å². The third-order valence-electron chi connectivity index (χ3n) is 2.78. The Morgan fingerprint density at radius 3 is 2.89 bits per heavy atom. The third kappa shape index (κ3) is 2.98. The molecule has 0 bridgehead atoms. The average molecular weight is 301 g/mol. The summed E-state index contributed by atoms with van der Waals surface area (Å²) >= 11 is 7.29. The predicted molar refractivity (Wildman–Crippen MR) is 73.4 cm³/mol. The SMILES string of the molecule is CCC1C(=O)NC(=O)CN1c1cc(Cl)nc(SC)n1. The fraction of sp³-hybridized carbons (Fsp3) is 0.455. The van der Waals surface area contributed by atoms with Crippen LogP contribution in [0.3, 0.4) is 0 Å². The quantitative estimate of drug-likeness (QED) is 0.390. The van der Waals surface area contributed by atoms with Gasteiger partial charge in [-0.15, -0.1) is 0 Å². The normalized spacial score (nSPS) is 19.5. The summed E-state index contributed by atoms with van der Waals surface area (Å²) in [5.41, 5.74) is 0. The molecule has 1 fully saturated rings. The number of imide groups is 1. The van der Waals surface area contributed by atoms with Gasteiger partial charge in [0.15, 0.2) is 5.16 Å². The van der Waals surface area contributed by atoms with Crippen molar-refractivity contribution in [3.05, 3.63) is 11.2 Å². The molecule has 2 amide bonds. The molecule has 0 aromatic carbocycles. The van der Waals surface area contributed by atoms with E-state index >= 15 is 0 Å². The molecule has 102 valence electrons. The van der Waals surface area contributed by atoms with Crippen molar-refractivity contribution < 1.29 is 9.59 Å². The number of hydrogen-bond donors (Lipinski definition) is 1. The zero-order valence-corrected chi connectivity index (χ0v) is 12.1. The van der Waals surface area contributed by atoms with E-state index in [0.29, 0.717) is 22.5 Å². The fourth-order valence-electron chi connectivity index (χ4n) is 1.94. The molecule has 0 spiro atoms. The summed E-state index contributed by atoms with van der Waals surface area (Å²) in [4.78, 5) is 33.3. The molecule has 2 heterocycles. The Hall–Kier alpha value is -1.34. The molecule has 19 heavy (non-hydrogen) atoms. The lowest BCUT2D eigenvalue weighted by Gasteiger charge is -2.34. The number of halogens is 1. The van der Waals surface area contributed by atoms with Gasteiger partial charge in [-0.05, 0) is 12.7 Å². The minimum Gasteiger partial charge on any atom is -0.335 e. The lowest BCUT2D eigenvalue weighted by molar-refractivity contribution is -0.132. The number of hydrogen-bond acceptors (Lipinski definition) is 6. The average Bonchev–Trinajstić information content (AvgIpc) is 2.37. The zero-order valence-electron chi connectivity index (χ0n) is 10.5. The van der Waals surface area contributed by atoms with E-state index in [1.165, 1.54) is 11.8 Å². The Labute approximate surface area is 119 Å². The van der Waals surface area contributed by atoms with Gasteiger partial charge in [-0.25, -0.2) is 9.97 Å². The lowest BCUT2D eigenvalue weighted by atomic mass is 10.1. The highest BCUT2D eigenvalue weighted by Gasteiger charge is 2.33. The van der Waals surface area contributed by atoms with Crippen molar-refractivity contribution in [2.24, 2.45) is 0 Å². The monoisotopic (exact) mass is 300 g/mol. The largest absolute Gasteiger partial charge is 0.335 e. The van der Waals surface area contributed by atoms with Crippen molar-refractivity contribution in [2.75, 3.05) is 17.7 Å². The van der Waals surface area contributed by atoms with Crippen LogP contribution in [-0.2, 0) is 9.59 Å². The van der Waals surface area contributed by atoms with Gasteiger partial charge in [0.2, 0.25) is 11.8 Å². The topological polar surface area (TPSA) is 75.2 Å². The molecule has 1 unspecified atom stereocenters. The van der Waals surface area contributed by atoms with Crippen LogP contribution in [0.1, 0.15) is 13.3 Å². The molecule has 1 aromatic rings. The van der Waals surface area contributed by atoms with Crippen molar-refractivity contribution in [1.82, 2.24) is 15.3 Å². The minimum absolute atomic E-state index is 0.0887. The number of aromatic nitrogens is 2.